The largest absolute Gasteiger partial charge is 0.445 e. The van der Waals surface area contributed by atoms with Crippen molar-refractivity contribution in [2.24, 2.45) is 13.0 Å². The van der Waals surface area contributed by atoms with Crippen LogP contribution in [0.25, 0.3) is 0 Å². The van der Waals surface area contributed by atoms with Crippen molar-refractivity contribution >= 4 is 11.9 Å². The normalized spacial score (nSPS) is 24.5. The van der Waals surface area contributed by atoms with Gasteiger partial charge in [0, 0.05) is 19.2 Å². The molecule has 0 saturated carbocycles. The molecule has 1 aromatic heterocycles. The Morgan fingerprint density at radius 3 is 2.48 bits per heavy atom. The Hall–Kier alpha value is -2.67. The minimum Gasteiger partial charge on any atom is -0.445 e. The van der Waals surface area contributed by atoms with E-state index in [0.29, 0.717) is 31.7 Å². The van der Waals surface area contributed by atoms with Crippen LogP contribution in [0.1, 0.15) is 28.9 Å². The van der Waals surface area contributed by atoms with Crippen LogP contribution in [0.15, 0.2) is 42.6 Å². The summed E-state index contributed by atoms with van der Waals surface area (Å²) in [5.74, 6) is -0.0956. The van der Waals surface area contributed by atoms with Crippen LogP contribution in [-0.2, 0) is 23.1 Å². The number of morpholine rings is 1. The van der Waals surface area contributed by atoms with Crippen molar-refractivity contribution in [3.8, 4) is 0 Å². The van der Waals surface area contributed by atoms with Gasteiger partial charge in [-0.1, -0.05) is 30.3 Å². The molecule has 0 radical (unpaired) electrons. The predicted octanol–water partition coefficient (Wildman–Crippen LogP) is 2.42. The molecule has 1 aromatic carbocycles. The molecule has 7 nitrogen and oxygen atoms in total. The first-order valence-electron chi connectivity index (χ1n) is 9.22. The Morgan fingerprint density at radius 2 is 1.85 bits per heavy atom. The lowest BCUT2D eigenvalue weighted by Crippen LogP contribution is -2.59. The van der Waals surface area contributed by atoms with Gasteiger partial charge in [-0.3, -0.25) is 14.4 Å². The SMILES string of the molecule is Cn1ccc(C(=O)C2CC3COCC(C2)N3C(=O)OCc2ccccc2)n1. The number of piperidine rings is 1. The van der Waals surface area contributed by atoms with Crippen molar-refractivity contribution < 1.29 is 19.1 Å². The Kier molecular flexibility index (Phi) is 4.94. The molecule has 0 N–H and O–H groups in total. The lowest BCUT2D eigenvalue weighted by atomic mass is 9.82. The summed E-state index contributed by atoms with van der Waals surface area (Å²) in [4.78, 5) is 27.2. The molecule has 2 saturated heterocycles. The number of Topliss-reactive ketones (excluding diaryl/α,β-unsaturated/α-hetero) is 1. The summed E-state index contributed by atoms with van der Waals surface area (Å²) in [6.45, 7) is 1.11. The van der Waals surface area contributed by atoms with E-state index in [2.05, 4.69) is 5.10 Å². The molecule has 4 rings (SSSR count). The van der Waals surface area contributed by atoms with E-state index >= 15 is 0 Å². The highest BCUT2D eigenvalue weighted by molar-refractivity contribution is 5.96. The summed E-state index contributed by atoms with van der Waals surface area (Å²) < 4.78 is 12.8. The van der Waals surface area contributed by atoms with Crippen LogP contribution in [0, 0.1) is 5.92 Å². The summed E-state index contributed by atoms with van der Waals surface area (Å²) in [6.07, 6.45) is 2.59. The lowest BCUT2D eigenvalue weighted by Gasteiger charge is -2.47. The Bertz CT molecular complexity index is 806. The molecule has 3 heterocycles. The van der Waals surface area contributed by atoms with Crippen LogP contribution in [0.5, 0.6) is 0 Å². The number of hydrogen-bond donors (Lipinski definition) is 0. The number of ketones is 1. The average Bonchev–Trinajstić information content (AvgIpc) is 3.11. The molecule has 27 heavy (non-hydrogen) atoms. The smallest absolute Gasteiger partial charge is 0.410 e. The summed E-state index contributed by atoms with van der Waals surface area (Å²) in [6, 6.07) is 11.1. The minimum atomic E-state index is -0.333. The van der Waals surface area contributed by atoms with Gasteiger partial charge >= 0.3 is 6.09 Å². The third-order valence-electron chi connectivity index (χ3n) is 5.27. The highest BCUT2D eigenvalue weighted by atomic mass is 16.6. The number of carbonyl (C=O) groups excluding carboxylic acids is 2. The predicted molar refractivity (Wildman–Crippen MR) is 97.1 cm³/mol. The van der Waals surface area contributed by atoms with Gasteiger partial charge in [0.1, 0.15) is 12.3 Å². The van der Waals surface area contributed by atoms with E-state index in [1.165, 1.54) is 0 Å². The fraction of sp³-hybridized carbons (Fsp3) is 0.450. The van der Waals surface area contributed by atoms with Crippen LogP contribution in [0.4, 0.5) is 4.79 Å². The van der Waals surface area contributed by atoms with Crippen molar-refractivity contribution in [2.45, 2.75) is 31.5 Å². The van der Waals surface area contributed by atoms with E-state index in [4.69, 9.17) is 9.47 Å². The number of nitrogens with zero attached hydrogens (tertiary/aromatic N) is 3. The fourth-order valence-electron chi connectivity index (χ4n) is 3.98. The third-order valence-corrected chi connectivity index (χ3v) is 5.27. The van der Waals surface area contributed by atoms with Gasteiger partial charge in [0.25, 0.3) is 0 Å². The van der Waals surface area contributed by atoms with Gasteiger partial charge in [-0.2, -0.15) is 5.10 Å². The number of carbonyl (C=O) groups is 2. The molecule has 2 unspecified atom stereocenters. The lowest BCUT2D eigenvalue weighted by molar-refractivity contribution is -0.0756. The molecule has 2 aliphatic heterocycles. The molecule has 1 amide bonds. The van der Waals surface area contributed by atoms with Crippen LogP contribution in [-0.4, -0.2) is 51.9 Å². The zero-order valence-electron chi connectivity index (χ0n) is 15.3. The van der Waals surface area contributed by atoms with Gasteiger partial charge in [0.15, 0.2) is 5.78 Å². The second-order valence-corrected chi connectivity index (χ2v) is 7.20. The molecule has 2 bridgehead atoms. The van der Waals surface area contributed by atoms with Crippen LogP contribution < -0.4 is 0 Å². The first kappa shape index (κ1) is 17.7. The number of fused-ring (bicyclic) bond motifs is 2. The zero-order chi connectivity index (χ0) is 18.8. The third kappa shape index (κ3) is 3.73. The average molecular weight is 369 g/mol. The molecule has 2 aromatic rings. The highest BCUT2D eigenvalue weighted by Crippen LogP contribution is 2.34. The monoisotopic (exact) mass is 369 g/mol. The maximum Gasteiger partial charge on any atom is 0.410 e. The molecular weight excluding hydrogens is 346 g/mol. The second kappa shape index (κ2) is 7.52. The number of hydrogen-bond acceptors (Lipinski definition) is 5. The highest BCUT2D eigenvalue weighted by Gasteiger charge is 2.44. The molecule has 7 heteroatoms. The van der Waals surface area contributed by atoms with Gasteiger partial charge in [-0.05, 0) is 24.5 Å². The molecule has 142 valence electrons. The molecule has 2 aliphatic rings. The fourth-order valence-corrected chi connectivity index (χ4v) is 3.98. The number of ether oxygens (including phenoxy) is 2. The van der Waals surface area contributed by atoms with Gasteiger partial charge in [-0.15, -0.1) is 0 Å². The van der Waals surface area contributed by atoms with E-state index in [9.17, 15) is 9.59 Å². The van der Waals surface area contributed by atoms with Crippen molar-refractivity contribution in [3.05, 3.63) is 53.9 Å². The first-order chi connectivity index (χ1) is 13.1. The Morgan fingerprint density at radius 1 is 1.15 bits per heavy atom. The van der Waals surface area contributed by atoms with E-state index in [1.54, 1.807) is 28.9 Å². The Balaban J connectivity index is 1.42. The summed E-state index contributed by atoms with van der Waals surface area (Å²) in [7, 11) is 1.80. The maximum atomic E-state index is 12.8. The van der Waals surface area contributed by atoms with Gasteiger partial charge in [0.05, 0.1) is 25.3 Å². The Labute approximate surface area is 157 Å². The number of aromatic nitrogens is 2. The standard InChI is InChI=1S/C20H23N3O4/c1-22-8-7-18(21-22)19(24)15-9-16-12-26-13-17(10-15)23(16)20(25)27-11-14-5-3-2-4-6-14/h2-8,15-17H,9-13H2,1H3. The van der Waals surface area contributed by atoms with Crippen molar-refractivity contribution in [1.82, 2.24) is 14.7 Å². The summed E-state index contributed by atoms with van der Waals surface area (Å²) in [5, 5.41) is 4.23. The van der Waals surface area contributed by atoms with E-state index in [0.717, 1.165) is 5.56 Å². The zero-order valence-corrected chi connectivity index (χ0v) is 15.3. The van der Waals surface area contributed by atoms with Crippen molar-refractivity contribution in [3.63, 3.8) is 0 Å². The van der Waals surface area contributed by atoms with Crippen LogP contribution >= 0.6 is 0 Å². The van der Waals surface area contributed by atoms with Crippen LogP contribution in [0.3, 0.4) is 0 Å². The quantitative estimate of drug-likeness (QED) is 0.774. The molecule has 2 fully saturated rings. The second-order valence-electron chi connectivity index (χ2n) is 7.20. The minimum absolute atomic E-state index is 0.0461. The van der Waals surface area contributed by atoms with Crippen LogP contribution in [0.2, 0.25) is 0 Å². The molecule has 0 aliphatic carbocycles. The number of aryl methyl sites for hydroxylation is 1. The van der Waals surface area contributed by atoms with Gasteiger partial charge < -0.3 is 9.47 Å². The van der Waals surface area contributed by atoms with Crippen molar-refractivity contribution in [2.75, 3.05) is 13.2 Å². The van der Waals surface area contributed by atoms with Crippen molar-refractivity contribution in [1.29, 1.82) is 0 Å². The molecule has 0 spiro atoms. The topological polar surface area (TPSA) is 73.7 Å². The number of benzene rings is 1. The maximum absolute atomic E-state index is 12.8. The molecular formula is C20H23N3O4. The van der Waals surface area contributed by atoms with Gasteiger partial charge in [-0.25, -0.2) is 4.79 Å². The molecule has 2 atom stereocenters. The van der Waals surface area contributed by atoms with E-state index < -0.39 is 0 Å². The van der Waals surface area contributed by atoms with E-state index in [1.807, 2.05) is 30.3 Å². The number of rotatable bonds is 4. The van der Waals surface area contributed by atoms with E-state index in [-0.39, 0.29) is 36.5 Å². The first-order valence-corrected chi connectivity index (χ1v) is 9.22. The number of amides is 1. The van der Waals surface area contributed by atoms with Gasteiger partial charge in [0.2, 0.25) is 0 Å². The summed E-state index contributed by atoms with van der Waals surface area (Å²) >= 11 is 0. The summed E-state index contributed by atoms with van der Waals surface area (Å²) in [5.41, 5.74) is 1.44.